The molecule has 0 radical (unpaired) electrons. The highest BCUT2D eigenvalue weighted by molar-refractivity contribution is 5.76. The summed E-state index contributed by atoms with van der Waals surface area (Å²) in [4.78, 5) is 24.6. The molecule has 2 atom stereocenters. The largest absolute Gasteiger partial charge is 0.466 e. The smallest absolute Gasteiger partial charge is 0.305 e. The van der Waals surface area contributed by atoms with Crippen molar-refractivity contribution >= 4 is 11.9 Å². The number of hydrogen-bond donors (Lipinski definition) is 3. The molecule has 0 aliphatic carbocycles. The Balaban J connectivity index is 3.39. The number of aliphatic hydroxyl groups is 2. The lowest BCUT2D eigenvalue weighted by atomic mass is 10.0. The topological polar surface area (TPSA) is 95.9 Å². The SMILES string of the molecule is CCCCCC/C=C\C/C=C\CCCCCCCCCC(=O)OCCCCCCCCCCCCCC/C=C\CCCCCCCCCCCCCCCC(=O)NC(CO)C(O)/C=C/CCCCCCCCCCCCCCCCC. The van der Waals surface area contributed by atoms with Crippen LogP contribution in [0.5, 0.6) is 0 Å². The summed E-state index contributed by atoms with van der Waals surface area (Å²) >= 11 is 0. The molecule has 0 rings (SSSR count). The molecule has 0 aliphatic heterocycles. The molecule has 2 unspecified atom stereocenters. The van der Waals surface area contributed by atoms with Gasteiger partial charge in [0.25, 0.3) is 0 Å². The van der Waals surface area contributed by atoms with E-state index in [1.54, 1.807) is 6.08 Å². The molecule has 6 nitrogen and oxygen atoms in total. The number of allylic oxidation sites excluding steroid dienone is 7. The summed E-state index contributed by atoms with van der Waals surface area (Å²) < 4.78 is 5.50. The van der Waals surface area contributed by atoms with Crippen LogP contribution in [-0.2, 0) is 14.3 Å². The number of aliphatic hydroxyl groups excluding tert-OH is 2. The van der Waals surface area contributed by atoms with Crippen LogP contribution in [0.3, 0.4) is 0 Å². The second-order valence-corrected chi connectivity index (χ2v) is 24.9. The van der Waals surface area contributed by atoms with Crippen molar-refractivity contribution in [2.75, 3.05) is 13.2 Å². The summed E-state index contributed by atoms with van der Waals surface area (Å²) in [7, 11) is 0. The molecule has 0 fully saturated rings. The molecular weight excluding hydrogens is 995 g/mol. The van der Waals surface area contributed by atoms with Gasteiger partial charge in [0.1, 0.15) is 0 Å². The molecule has 0 spiro atoms. The normalized spacial score (nSPS) is 12.8. The Morgan fingerprint density at radius 1 is 0.346 bits per heavy atom. The highest BCUT2D eigenvalue weighted by Crippen LogP contribution is 2.18. The first-order valence-electron chi connectivity index (χ1n) is 36.4. The van der Waals surface area contributed by atoms with E-state index in [2.05, 4.69) is 55.6 Å². The fourth-order valence-corrected chi connectivity index (χ4v) is 11.3. The minimum absolute atomic E-state index is 0.00905. The van der Waals surface area contributed by atoms with E-state index in [-0.39, 0.29) is 18.5 Å². The van der Waals surface area contributed by atoms with Crippen LogP contribution in [0.2, 0.25) is 0 Å². The summed E-state index contributed by atoms with van der Waals surface area (Å²) in [5.74, 6) is -0.0557. The van der Waals surface area contributed by atoms with Gasteiger partial charge >= 0.3 is 5.97 Å². The number of nitrogens with one attached hydrogen (secondary N) is 1. The Hall–Kier alpha value is -2.18. The summed E-state index contributed by atoms with van der Waals surface area (Å²) in [5.41, 5.74) is 0. The van der Waals surface area contributed by atoms with E-state index in [1.807, 2.05) is 6.08 Å². The quantitative estimate of drug-likeness (QED) is 0.0320. The van der Waals surface area contributed by atoms with Crippen molar-refractivity contribution in [3.8, 4) is 0 Å². The van der Waals surface area contributed by atoms with Crippen LogP contribution < -0.4 is 5.32 Å². The second kappa shape index (κ2) is 70.3. The third-order valence-corrected chi connectivity index (χ3v) is 16.8. The molecule has 0 aromatic rings. The lowest BCUT2D eigenvalue weighted by molar-refractivity contribution is -0.143. The van der Waals surface area contributed by atoms with Crippen molar-refractivity contribution in [1.29, 1.82) is 0 Å². The molecule has 3 N–H and O–H groups in total. The molecule has 0 aliphatic rings. The lowest BCUT2D eigenvalue weighted by Crippen LogP contribution is -2.45. The van der Waals surface area contributed by atoms with Crippen molar-refractivity contribution in [2.45, 2.75) is 405 Å². The Morgan fingerprint density at radius 3 is 0.963 bits per heavy atom. The van der Waals surface area contributed by atoms with Gasteiger partial charge in [-0.2, -0.15) is 0 Å². The van der Waals surface area contributed by atoms with Gasteiger partial charge in [-0.05, 0) is 89.9 Å². The molecule has 0 aromatic heterocycles. The van der Waals surface area contributed by atoms with E-state index in [0.717, 1.165) is 51.4 Å². The highest BCUT2D eigenvalue weighted by Gasteiger charge is 2.18. The number of rotatable bonds is 68. The van der Waals surface area contributed by atoms with Gasteiger partial charge in [0.05, 0.1) is 25.4 Å². The molecule has 6 heteroatoms. The van der Waals surface area contributed by atoms with E-state index in [9.17, 15) is 19.8 Å². The number of carbonyl (C=O) groups excluding carboxylic acids is 2. The van der Waals surface area contributed by atoms with Gasteiger partial charge in [-0.15, -0.1) is 0 Å². The first-order chi connectivity index (χ1) is 40.0. The number of unbranched alkanes of at least 4 members (excludes halogenated alkanes) is 51. The van der Waals surface area contributed by atoms with Gasteiger partial charge in [-0.25, -0.2) is 0 Å². The van der Waals surface area contributed by atoms with Crippen LogP contribution in [0.25, 0.3) is 0 Å². The maximum Gasteiger partial charge on any atom is 0.305 e. The number of hydrogen-bond acceptors (Lipinski definition) is 5. The number of esters is 1. The first kappa shape index (κ1) is 78.8. The molecule has 0 saturated carbocycles. The zero-order valence-electron chi connectivity index (χ0n) is 54.5. The lowest BCUT2D eigenvalue weighted by Gasteiger charge is -2.20. The van der Waals surface area contributed by atoms with Crippen molar-refractivity contribution in [3.05, 3.63) is 48.6 Å². The van der Waals surface area contributed by atoms with Crippen molar-refractivity contribution < 1.29 is 24.5 Å². The predicted molar refractivity (Wildman–Crippen MR) is 356 cm³/mol. The molecule has 81 heavy (non-hydrogen) atoms. The highest BCUT2D eigenvalue weighted by atomic mass is 16.5. The van der Waals surface area contributed by atoms with Gasteiger partial charge in [0.2, 0.25) is 5.91 Å². The van der Waals surface area contributed by atoms with Gasteiger partial charge in [-0.1, -0.05) is 339 Å². The fourth-order valence-electron chi connectivity index (χ4n) is 11.3. The van der Waals surface area contributed by atoms with Crippen molar-refractivity contribution in [1.82, 2.24) is 5.32 Å². The Kier molecular flexibility index (Phi) is 68.4. The maximum atomic E-state index is 12.5. The van der Waals surface area contributed by atoms with Crippen LogP contribution in [0.4, 0.5) is 0 Å². The zero-order valence-corrected chi connectivity index (χ0v) is 54.5. The van der Waals surface area contributed by atoms with Crippen LogP contribution in [0.1, 0.15) is 393 Å². The van der Waals surface area contributed by atoms with Crippen LogP contribution >= 0.6 is 0 Å². The first-order valence-corrected chi connectivity index (χ1v) is 36.4. The average molecular weight is 1140 g/mol. The number of ether oxygens (including phenoxy) is 1. The molecule has 476 valence electrons. The Bertz CT molecular complexity index is 1360. The van der Waals surface area contributed by atoms with Gasteiger partial charge < -0.3 is 20.3 Å². The standard InChI is InChI=1S/C75H141NO5/c1-3-5-7-9-11-13-15-17-19-21-37-41-45-49-53-57-61-65-69-75(80)81-70-66-62-58-54-50-46-42-38-34-32-30-28-26-24-22-23-25-27-29-31-33-36-40-44-48-52-56-60-64-68-74(79)76-72(71-77)73(78)67-63-59-55-51-47-43-39-35-20-18-16-14-12-10-8-6-4-2/h13,15,19,21-22,24,63,67,72-73,77-78H,3-12,14,16-18,20,23,25-62,64-66,68-71H2,1-2H3,(H,76,79)/b15-13-,21-19-,24-22-,67-63+. The minimum atomic E-state index is -0.845. The van der Waals surface area contributed by atoms with Crippen LogP contribution in [0.15, 0.2) is 48.6 Å². The summed E-state index contributed by atoms with van der Waals surface area (Å²) in [5, 5.41) is 23.2. The van der Waals surface area contributed by atoms with E-state index < -0.39 is 12.1 Å². The van der Waals surface area contributed by atoms with Crippen molar-refractivity contribution in [3.63, 3.8) is 0 Å². The molecule has 0 bridgehead atoms. The van der Waals surface area contributed by atoms with E-state index >= 15 is 0 Å². The Labute approximate surface area is 506 Å². The average Bonchev–Trinajstić information content (AvgIpc) is 3.47. The van der Waals surface area contributed by atoms with E-state index in [4.69, 9.17) is 4.74 Å². The summed E-state index contributed by atoms with van der Waals surface area (Å²) in [6, 6.07) is -0.628. The predicted octanol–water partition coefficient (Wildman–Crippen LogP) is 23.6. The third kappa shape index (κ3) is 66.8. The van der Waals surface area contributed by atoms with Crippen LogP contribution in [-0.4, -0.2) is 47.4 Å². The summed E-state index contributed by atoms with van der Waals surface area (Å²) in [6.45, 7) is 4.91. The molecule has 0 heterocycles. The number of carbonyl (C=O) groups is 2. The molecule has 0 saturated heterocycles. The monoisotopic (exact) mass is 1140 g/mol. The number of amides is 1. The van der Waals surface area contributed by atoms with Gasteiger partial charge in [-0.3, -0.25) is 9.59 Å². The van der Waals surface area contributed by atoms with Crippen LogP contribution in [0, 0.1) is 0 Å². The van der Waals surface area contributed by atoms with Gasteiger partial charge in [0.15, 0.2) is 0 Å². The van der Waals surface area contributed by atoms with E-state index in [1.165, 1.54) is 315 Å². The summed E-state index contributed by atoms with van der Waals surface area (Å²) in [6.07, 6.45) is 92.0. The molecule has 0 aromatic carbocycles. The minimum Gasteiger partial charge on any atom is -0.466 e. The zero-order chi connectivity index (χ0) is 58.5. The second-order valence-electron chi connectivity index (χ2n) is 24.9. The van der Waals surface area contributed by atoms with Crippen molar-refractivity contribution in [2.24, 2.45) is 0 Å². The Morgan fingerprint density at radius 2 is 0.617 bits per heavy atom. The third-order valence-electron chi connectivity index (χ3n) is 16.8. The molecule has 1 amide bonds. The molecular formula is C75H141NO5. The van der Waals surface area contributed by atoms with Gasteiger partial charge in [0, 0.05) is 12.8 Å². The maximum absolute atomic E-state index is 12.5. The fraction of sp³-hybridized carbons (Fsp3) is 0.867. The van der Waals surface area contributed by atoms with E-state index in [0.29, 0.717) is 19.4 Å².